The summed E-state index contributed by atoms with van der Waals surface area (Å²) in [6, 6.07) is 21.4. The fourth-order valence-corrected chi connectivity index (χ4v) is 8.97. The van der Waals surface area contributed by atoms with Gasteiger partial charge in [0.1, 0.15) is 8.07 Å². The van der Waals surface area contributed by atoms with Gasteiger partial charge < -0.3 is 5.11 Å². The summed E-state index contributed by atoms with van der Waals surface area (Å²) in [5.41, 5.74) is 0. The summed E-state index contributed by atoms with van der Waals surface area (Å²) < 4.78 is 0. The Hall–Kier alpha value is -1.38. The lowest BCUT2D eigenvalue weighted by atomic mass is 10.1. The van der Waals surface area contributed by atoms with E-state index < -0.39 is 13.3 Å². The molecule has 1 saturated carbocycles. The van der Waals surface area contributed by atoms with Gasteiger partial charge in [0.15, 0.2) is 0 Å². The average molecular weight is 296 g/mol. The molecule has 0 aliphatic heterocycles. The van der Waals surface area contributed by atoms with Crippen LogP contribution in [-0.2, 0) is 0 Å². The van der Waals surface area contributed by atoms with E-state index in [9.17, 15) is 5.11 Å². The molecule has 0 spiro atoms. The summed E-state index contributed by atoms with van der Waals surface area (Å²) in [6.07, 6.45) is 3.21. The molecule has 0 aromatic heterocycles. The number of benzene rings is 2. The zero-order valence-corrected chi connectivity index (χ0v) is 13.9. The van der Waals surface area contributed by atoms with Crippen LogP contribution in [0.2, 0.25) is 6.55 Å². The van der Waals surface area contributed by atoms with E-state index in [0.29, 0.717) is 5.92 Å². The van der Waals surface area contributed by atoms with Gasteiger partial charge in [-0.25, -0.2) is 0 Å². The molecule has 0 saturated heterocycles. The first-order valence-corrected chi connectivity index (χ1v) is 10.4. The highest BCUT2D eigenvalue weighted by atomic mass is 28.3. The normalized spacial score (nSPS) is 26.0. The summed E-state index contributed by atoms with van der Waals surface area (Å²) in [5.74, 6) is 0.370. The maximum Gasteiger partial charge on any atom is 0.149 e. The SMILES string of the molecule is C[C@@H]1CCC[C@@]1(O)[Si](C)(c1ccccc1)c1ccccc1. The minimum Gasteiger partial charge on any atom is -0.392 e. The van der Waals surface area contributed by atoms with E-state index >= 15 is 0 Å². The van der Waals surface area contributed by atoms with Crippen LogP contribution in [-0.4, -0.2) is 18.4 Å². The van der Waals surface area contributed by atoms with E-state index in [2.05, 4.69) is 74.1 Å². The molecule has 3 rings (SSSR count). The van der Waals surface area contributed by atoms with Crippen molar-refractivity contribution in [1.29, 1.82) is 0 Å². The van der Waals surface area contributed by atoms with E-state index in [0.717, 1.165) is 19.3 Å². The number of rotatable bonds is 3. The Balaban J connectivity index is 2.21. The average Bonchev–Trinajstić information content (AvgIpc) is 2.89. The van der Waals surface area contributed by atoms with Gasteiger partial charge in [-0.2, -0.15) is 0 Å². The maximum absolute atomic E-state index is 11.6. The minimum absolute atomic E-state index is 0.370. The van der Waals surface area contributed by atoms with E-state index in [1.165, 1.54) is 10.4 Å². The molecule has 2 atom stereocenters. The second-order valence-corrected chi connectivity index (χ2v) is 10.8. The Labute approximate surface area is 128 Å². The van der Waals surface area contributed by atoms with Crippen molar-refractivity contribution in [2.75, 3.05) is 0 Å². The number of hydrogen-bond acceptors (Lipinski definition) is 1. The van der Waals surface area contributed by atoms with E-state index in [-0.39, 0.29) is 0 Å². The molecule has 2 aromatic carbocycles. The third-order valence-corrected chi connectivity index (χ3v) is 11.0. The zero-order valence-electron chi connectivity index (χ0n) is 12.9. The predicted octanol–water partition coefficient (Wildman–Crippen LogP) is 2.97. The van der Waals surface area contributed by atoms with Crippen LogP contribution < -0.4 is 10.4 Å². The van der Waals surface area contributed by atoms with Crippen LogP contribution >= 0.6 is 0 Å². The van der Waals surface area contributed by atoms with Crippen LogP contribution in [0.25, 0.3) is 0 Å². The molecule has 2 heteroatoms. The molecule has 0 radical (unpaired) electrons. The van der Waals surface area contributed by atoms with Gasteiger partial charge in [-0.15, -0.1) is 0 Å². The Morgan fingerprint density at radius 2 is 1.43 bits per heavy atom. The molecule has 0 amide bonds. The molecule has 110 valence electrons. The molecule has 1 aliphatic rings. The third kappa shape index (κ3) is 2.17. The van der Waals surface area contributed by atoms with Crippen molar-refractivity contribution in [2.45, 2.75) is 38.0 Å². The molecule has 1 aliphatic carbocycles. The van der Waals surface area contributed by atoms with Crippen LogP contribution in [0.5, 0.6) is 0 Å². The molecule has 1 fully saturated rings. The third-order valence-electron chi connectivity index (χ3n) is 5.58. The van der Waals surface area contributed by atoms with Crippen LogP contribution in [0.15, 0.2) is 60.7 Å². The standard InChI is InChI=1S/C19H24OSi/c1-16-10-9-15-19(16,20)21(2,17-11-5-3-6-12-17)18-13-7-4-8-14-18/h3-8,11-14,16,20H,9-10,15H2,1-2H3/t16-,19-/m1/s1. The van der Waals surface area contributed by atoms with Crippen LogP contribution in [0.3, 0.4) is 0 Å². The monoisotopic (exact) mass is 296 g/mol. The van der Waals surface area contributed by atoms with Crippen molar-refractivity contribution < 1.29 is 5.11 Å². The first-order chi connectivity index (χ1) is 10.1. The zero-order chi connectivity index (χ0) is 14.9. The second-order valence-electron chi connectivity index (χ2n) is 6.57. The molecule has 2 aromatic rings. The molecular formula is C19H24OSi. The Morgan fingerprint density at radius 1 is 0.952 bits per heavy atom. The molecular weight excluding hydrogens is 272 g/mol. The largest absolute Gasteiger partial charge is 0.392 e. The van der Waals surface area contributed by atoms with E-state index in [1.807, 2.05) is 0 Å². The van der Waals surface area contributed by atoms with Crippen molar-refractivity contribution in [1.82, 2.24) is 0 Å². The van der Waals surface area contributed by atoms with Crippen molar-refractivity contribution in [3.05, 3.63) is 60.7 Å². The van der Waals surface area contributed by atoms with Gasteiger partial charge in [-0.3, -0.25) is 0 Å². The smallest absolute Gasteiger partial charge is 0.149 e. The Bertz CT molecular complexity index is 556. The molecule has 0 bridgehead atoms. The highest BCUT2D eigenvalue weighted by Gasteiger charge is 2.55. The summed E-state index contributed by atoms with van der Waals surface area (Å²) >= 11 is 0. The van der Waals surface area contributed by atoms with Crippen LogP contribution in [0, 0.1) is 5.92 Å². The number of hydrogen-bond donors (Lipinski definition) is 1. The minimum atomic E-state index is -2.20. The number of aliphatic hydroxyl groups is 1. The summed E-state index contributed by atoms with van der Waals surface area (Å²) in [7, 11) is -2.20. The molecule has 1 N–H and O–H groups in total. The summed E-state index contributed by atoms with van der Waals surface area (Å²) in [5, 5.41) is 13.8. The fourth-order valence-electron chi connectivity index (χ4n) is 4.12. The van der Waals surface area contributed by atoms with Gasteiger partial charge in [-0.1, -0.05) is 90.9 Å². The van der Waals surface area contributed by atoms with Gasteiger partial charge in [0.2, 0.25) is 0 Å². The highest BCUT2D eigenvalue weighted by molar-refractivity contribution is 7.03. The van der Waals surface area contributed by atoms with Gasteiger partial charge in [-0.05, 0) is 18.8 Å². The first-order valence-electron chi connectivity index (χ1n) is 7.92. The molecule has 21 heavy (non-hydrogen) atoms. The van der Waals surface area contributed by atoms with Gasteiger partial charge in [0, 0.05) is 0 Å². The lowest BCUT2D eigenvalue weighted by Gasteiger charge is -2.45. The topological polar surface area (TPSA) is 20.2 Å². The van der Waals surface area contributed by atoms with Crippen molar-refractivity contribution >= 4 is 18.4 Å². The lowest BCUT2D eigenvalue weighted by molar-refractivity contribution is 0.0847. The maximum atomic E-state index is 11.6. The lowest BCUT2D eigenvalue weighted by Crippen LogP contribution is -2.72. The fraction of sp³-hybridized carbons (Fsp3) is 0.368. The van der Waals surface area contributed by atoms with Gasteiger partial charge in [0.05, 0.1) is 5.22 Å². The Kier molecular flexibility index (Phi) is 3.76. The van der Waals surface area contributed by atoms with E-state index in [4.69, 9.17) is 0 Å². The van der Waals surface area contributed by atoms with Gasteiger partial charge >= 0.3 is 0 Å². The predicted molar refractivity (Wildman–Crippen MR) is 91.7 cm³/mol. The second kappa shape index (κ2) is 5.43. The molecule has 0 unspecified atom stereocenters. The molecule has 1 nitrogen and oxygen atoms in total. The highest BCUT2D eigenvalue weighted by Crippen LogP contribution is 2.41. The summed E-state index contributed by atoms with van der Waals surface area (Å²) in [4.78, 5) is 0. The van der Waals surface area contributed by atoms with Crippen molar-refractivity contribution in [2.24, 2.45) is 5.92 Å². The van der Waals surface area contributed by atoms with Crippen molar-refractivity contribution in [3.8, 4) is 0 Å². The van der Waals surface area contributed by atoms with Crippen molar-refractivity contribution in [3.63, 3.8) is 0 Å². The summed E-state index contributed by atoms with van der Waals surface area (Å²) in [6.45, 7) is 4.57. The van der Waals surface area contributed by atoms with Gasteiger partial charge in [0.25, 0.3) is 0 Å². The first kappa shape index (κ1) is 14.5. The molecule has 0 heterocycles. The van der Waals surface area contributed by atoms with E-state index in [1.54, 1.807) is 0 Å². The quantitative estimate of drug-likeness (QED) is 0.863. The van der Waals surface area contributed by atoms with Crippen LogP contribution in [0.4, 0.5) is 0 Å². The van der Waals surface area contributed by atoms with Crippen LogP contribution in [0.1, 0.15) is 26.2 Å². The Morgan fingerprint density at radius 3 is 1.81 bits per heavy atom.